The van der Waals surface area contributed by atoms with Gasteiger partial charge in [0.1, 0.15) is 4.99 Å². The molecule has 2 rings (SSSR count). The molecule has 0 fully saturated rings. The van der Waals surface area contributed by atoms with Crippen molar-refractivity contribution in [1.29, 1.82) is 0 Å². The number of hydrogen-bond donors (Lipinski definition) is 2. The van der Waals surface area contributed by atoms with Gasteiger partial charge in [0.05, 0.1) is 5.69 Å². The monoisotopic (exact) mass is 312 g/mol. The Balaban J connectivity index is 2.13. The van der Waals surface area contributed by atoms with Crippen LogP contribution in [-0.2, 0) is 6.42 Å². The maximum Gasteiger partial charge on any atom is 0.182 e. The quantitative estimate of drug-likeness (QED) is 0.827. The molecule has 20 heavy (non-hydrogen) atoms. The minimum Gasteiger partial charge on any atom is -0.389 e. The van der Waals surface area contributed by atoms with Gasteiger partial charge in [-0.15, -0.1) is 0 Å². The van der Waals surface area contributed by atoms with Crippen LogP contribution >= 0.6 is 23.6 Å². The molecule has 0 radical (unpaired) electrons. The van der Waals surface area contributed by atoms with Crippen LogP contribution in [0.5, 0.6) is 0 Å². The summed E-state index contributed by atoms with van der Waals surface area (Å²) in [6.07, 6.45) is 0.738. The second-order valence-corrected chi connectivity index (χ2v) is 5.75. The molecule has 1 unspecified atom stereocenters. The lowest BCUT2D eigenvalue weighted by molar-refractivity contribution is 0.508. The van der Waals surface area contributed by atoms with Crippen molar-refractivity contribution in [2.75, 3.05) is 5.32 Å². The minimum atomic E-state index is -1.01. The molecule has 0 aliphatic rings. The van der Waals surface area contributed by atoms with E-state index in [0.29, 0.717) is 0 Å². The number of anilines is 1. The summed E-state index contributed by atoms with van der Waals surface area (Å²) < 4.78 is 27.7. The lowest BCUT2D eigenvalue weighted by Crippen LogP contribution is -2.20. The fourth-order valence-electron chi connectivity index (χ4n) is 1.93. The van der Waals surface area contributed by atoms with Crippen LogP contribution in [0.4, 0.5) is 14.5 Å². The Morgan fingerprint density at radius 3 is 2.70 bits per heavy atom. The summed E-state index contributed by atoms with van der Waals surface area (Å²) in [5, 5.41) is 6.98. The number of rotatable bonds is 5. The van der Waals surface area contributed by atoms with E-state index >= 15 is 0 Å². The zero-order valence-corrected chi connectivity index (χ0v) is 12.5. The van der Waals surface area contributed by atoms with E-state index in [9.17, 15) is 8.78 Å². The second kappa shape index (κ2) is 6.28. The highest BCUT2D eigenvalue weighted by molar-refractivity contribution is 7.80. The summed E-state index contributed by atoms with van der Waals surface area (Å²) in [7, 11) is 0. The molecule has 0 saturated carbocycles. The average molecular weight is 312 g/mol. The maximum atomic E-state index is 13.9. The van der Waals surface area contributed by atoms with Crippen LogP contribution < -0.4 is 11.1 Å². The van der Waals surface area contributed by atoms with Crippen LogP contribution in [0.2, 0.25) is 0 Å². The van der Waals surface area contributed by atoms with E-state index in [1.807, 2.05) is 23.8 Å². The van der Waals surface area contributed by atoms with Gasteiger partial charge >= 0.3 is 0 Å². The molecule has 0 aliphatic carbocycles. The SMILES string of the molecule is CC(Cc1ccsc1)Nc1ccc(C(N)=S)c(F)c1F. The molecule has 0 bridgehead atoms. The van der Waals surface area contributed by atoms with Gasteiger partial charge in [0.2, 0.25) is 0 Å². The molecule has 1 aromatic carbocycles. The number of nitrogens with two attached hydrogens (primary N) is 1. The third-order valence-electron chi connectivity index (χ3n) is 2.87. The molecule has 3 N–H and O–H groups in total. The Hall–Kier alpha value is -1.53. The lowest BCUT2D eigenvalue weighted by atomic mass is 10.1. The van der Waals surface area contributed by atoms with Gasteiger partial charge in [0.25, 0.3) is 0 Å². The maximum absolute atomic E-state index is 13.9. The molecule has 1 atom stereocenters. The van der Waals surface area contributed by atoms with Gasteiger partial charge in [-0.2, -0.15) is 11.3 Å². The third kappa shape index (κ3) is 3.32. The van der Waals surface area contributed by atoms with Gasteiger partial charge in [0.15, 0.2) is 11.6 Å². The Morgan fingerprint density at radius 1 is 1.35 bits per heavy atom. The van der Waals surface area contributed by atoms with Crippen molar-refractivity contribution >= 4 is 34.2 Å². The average Bonchev–Trinajstić information content (AvgIpc) is 2.87. The Bertz CT molecular complexity index is 612. The van der Waals surface area contributed by atoms with Crippen molar-refractivity contribution in [3.63, 3.8) is 0 Å². The third-order valence-corrected chi connectivity index (χ3v) is 3.82. The van der Waals surface area contributed by atoms with Crippen molar-refractivity contribution < 1.29 is 8.78 Å². The first kappa shape index (κ1) is 14.9. The van der Waals surface area contributed by atoms with Crippen molar-refractivity contribution in [2.45, 2.75) is 19.4 Å². The Morgan fingerprint density at radius 2 is 2.10 bits per heavy atom. The number of halogens is 2. The van der Waals surface area contributed by atoms with Crippen LogP contribution in [0.15, 0.2) is 29.0 Å². The van der Waals surface area contributed by atoms with E-state index in [-0.39, 0.29) is 22.3 Å². The van der Waals surface area contributed by atoms with E-state index in [0.717, 1.165) is 12.0 Å². The van der Waals surface area contributed by atoms with Gasteiger partial charge in [-0.3, -0.25) is 0 Å². The number of benzene rings is 1. The van der Waals surface area contributed by atoms with Crippen LogP contribution in [0, 0.1) is 11.6 Å². The number of thiophene rings is 1. The largest absolute Gasteiger partial charge is 0.389 e. The predicted octanol–water partition coefficient (Wildman–Crippen LogP) is 3.70. The van der Waals surface area contributed by atoms with E-state index in [1.54, 1.807) is 11.3 Å². The van der Waals surface area contributed by atoms with E-state index in [4.69, 9.17) is 5.73 Å². The normalized spacial score (nSPS) is 12.2. The van der Waals surface area contributed by atoms with Crippen molar-refractivity contribution in [1.82, 2.24) is 0 Å². The Labute approximate surface area is 125 Å². The first-order valence-corrected chi connectivity index (χ1v) is 7.39. The van der Waals surface area contributed by atoms with E-state index in [2.05, 4.69) is 17.5 Å². The molecule has 106 valence electrons. The molecule has 1 heterocycles. The van der Waals surface area contributed by atoms with Crippen LogP contribution in [0.25, 0.3) is 0 Å². The zero-order chi connectivity index (χ0) is 14.7. The standard InChI is InChI=1S/C14H14F2N2S2/c1-8(6-9-4-5-20-7-9)18-11-3-2-10(14(17)19)12(15)13(11)16/h2-5,7-8,18H,6H2,1H3,(H2,17,19). The fourth-order valence-corrected chi connectivity index (χ4v) is 2.77. The Kier molecular flexibility index (Phi) is 4.67. The summed E-state index contributed by atoms with van der Waals surface area (Å²) >= 11 is 6.28. The summed E-state index contributed by atoms with van der Waals surface area (Å²) in [4.78, 5) is -0.153. The minimum absolute atomic E-state index is 0.0193. The smallest absolute Gasteiger partial charge is 0.182 e. The van der Waals surface area contributed by atoms with Crippen LogP contribution in [-0.4, -0.2) is 11.0 Å². The van der Waals surface area contributed by atoms with Gasteiger partial charge in [-0.05, 0) is 47.9 Å². The topological polar surface area (TPSA) is 38.0 Å². The summed E-state index contributed by atoms with van der Waals surface area (Å²) in [6.45, 7) is 1.91. The summed E-state index contributed by atoms with van der Waals surface area (Å²) in [5.41, 5.74) is 6.53. The number of thiocarbonyl (C=S) groups is 1. The van der Waals surface area contributed by atoms with Crippen molar-refractivity contribution in [2.24, 2.45) is 5.73 Å². The number of hydrogen-bond acceptors (Lipinski definition) is 3. The van der Waals surface area contributed by atoms with E-state index < -0.39 is 11.6 Å². The predicted molar refractivity (Wildman–Crippen MR) is 83.4 cm³/mol. The molecule has 2 nitrogen and oxygen atoms in total. The van der Waals surface area contributed by atoms with Gasteiger partial charge in [-0.1, -0.05) is 12.2 Å². The molecule has 0 spiro atoms. The molecular weight excluding hydrogens is 298 g/mol. The molecule has 0 amide bonds. The highest BCUT2D eigenvalue weighted by Crippen LogP contribution is 2.22. The summed E-state index contributed by atoms with van der Waals surface area (Å²) in [5.74, 6) is -1.96. The summed E-state index contributed by atoms with van der Waals surface area (Å²) in [6, 6.07) is 4.84. The zero-order valence-electron chi connectivity index (χ0n) is 10.8. The molecule has 6 heteroatoms. The van der Waals surface area contributed by atoms with Gasteiger partial charge in [-0.25, -0.2) is 8.78 Å². The molecule has 0 aliphatic heterocycles. The molecule has 0 saturated heterocycles. The van der Waals surface area contributed by atoms with Crippen LogP contribution in [0.1, 0.15) is 18.1 Å². The number of nitrogens with one attached hydrogen (secondary N) is 1. The highest BCUT2D eigenvalue weighted by Gasteiger charge is 2.16. The molecule has 1 aromatic heterocycles. The highest BCUT2D eigenvalue weighted by atomic mass is 32.1. The lowest BCUT2D eigenvalue weighted by Gasteiger charge is -2.16. The van der Waals surface area contributed by atoms with Gasteiger partial charge in [0, 0.05) is 11.6 Å². The molecule has 2 aromatic rings. The first-order chi connectivity index (χ1) is 9.49. The first-order valence-electron chi connectivity index (χ1n) is 6.04. The van der Waals surface area contributed by atoms with Gasteiger partial charge < -0.3 is 11.1 Å². The molecular formula is C14H14F2N2S2. The fraction of sp³-hybridized carbons (Fsp3) is 0.214. The van der Waals surface area contributed by atoms with Crippen LogP contribution in [0.3, 0.4) is 0 Å². The second-order valence-electron chi connectivity index (χ2n) is 4.53. The van der Waals surface area contributed by atoms with E-state index in [1.165, 1.54) is 12.1 Å². The van der Waals surface area contributed by atoms with Crippen molar-refractivity contribution in [3.8, 4) is 0 Å². The van der Waals surface area contributed by atoms with Crippen molar-refractivity contribution in [3.05, 3.63) is 51.7 Å².